The first-order chi connectivity index (χ1) is 15.6. The van der Waals surface area contributed by atoms with E-state index >= 15 is 0 Å². The van der Waals surface area contributed by atoms with Gasteiger partial charge in [-0.3, -0.25) is 4.79 Å². The van der Waals surface area contributed by atoms with E-state index in [0.717, 1.165) is 24.0 Å². The molecule has 3 nitrogen and oxygen atoms in total. The molecule has 0 radical (unpaired) electrons. The van der Waals surface area contributed by atoms with Crippen LogP contribution in [0.25, 0.3) is 10.9 Å². The van der Waals surface area contributed by atoms with Crippen molar-refractivity contribution in [3.05, 3.63) is 107 Å². The van der Waals surface area contributed by atoms with Crippen molar-refractivity contribution in [3.8, 4) is 0 Å². The monoisotopic (exact) mass is 426 g/mol. The summed E-state index contributed by atoms with van der Waals surface area (Å²) in [5.74, 6) is 0.199. The lowest BCUT2D eigenvalue weighted by Gasteiger charge is -2.32. The van der Waals surface area contributed by atoms with E-state index < -0.39 is 0 Å². The predicted octanol–water partition coefficient (Wildman–Crippen LogP) is 6.04. The van der Waals surface area contributed by atoms with Crippen LogP contribution in [0.15, 0.2) is 79.0 Å². The number of halogens is 1. The molecule has 2 heterocycles. The molecule has 0 N–H and O–H groups in total. The van der Waals surface area contributed by atoms with E-state index in [0.29, 0.717) is 19.5 Å². The third kappa shape index (κ3) is 4.18. The van der Waals surface area contributed by atoms with Crippen LogP contribution in [-0.4, -0.2) is 21.9 Å². The largest absolute Gasteiger partial charge is 0.343 e. The fourth-order valence-electron chi connectivity index (χ4n) is 4.91. The van der Waals surface area contributed by atoms with Crippen LogP contribution in [0, 0.1) is 12.7 Å². The standard InChI is InChI=1S/C28H27FN2O/c1-20-6-4-7-21(14-20)17-30-13-12-23(16-28(30)32)26-19-31(27-11-3-2-10-25(26)27)18-22-8-5-9-24(29)15-22/h2-11,14-15,19,23H,12-13,16-18H2,1H3. The van der Waals surface area contributed by atoms with E-state index in [4.69, 9.17) is 0 Å². The third-order valence-corrected chi connectivity index (χ3v) is 6.48. The Morgan fingerprint density at radius 1 is 0.938 bits per heavy atom. The van der Waals surface area contributed by atoms with Gasteiger partial charge >= 0.3 is 0 Å². The second-order valence-electron chi connectivity index (χ2n) is 8.85. The molecule has 0 saturated carbocycles. The number of aromatic nitrogens is 1. The quantitative estimate of drug-likeness (QED) is 0.382. The molecule has 1 aliphatic heterocycles. The molecule has 32 heavy (non-hydrogen) atoms. The first kappa shape index (κ1) is 20.5. The van der Waals surface area contributed by atoms with Crippen LogP contribution in [0.3, 0.4) is 0 Å². The molecule has 0 aliphatic carbocycles. The predicted molar refractivity (Wildman–Crippen MR) is 126 cm³/mol. The highest BCUT2D eigenvalue weighted by molar-refractivity contribution is 5.86. The highest BCUT2D eigenvalue weighted by Gasteiger charge is 2.29. The molecule has 1 saturated heterocycles. The normalized spacial score (nSPS) is 16.6. The number of likely N-dealkylation sites (tertiary alicyclic amines) is 1. The van der Waals surface area contributed by atoms with Crippen LogP contribution < -0.4 is 0 Å². The van der Waals surface area contributed by atoms with Gasteiger partial charge in [0.25, 0.3) is 0 Å². The van der Waals surface area contributed by atoms with Gasteiger partial charge in [0.15, 0.2) is 0 Å². The van der Waals surface area contributed by atoms with Crippen molar-refractivity contribution in [3.63, 3.8) is 0 Å². The molecule has 162 valence electrons. The van der Waals surface area contributed by atoms with E-state index in [1.165, 1.54) is 28.1 Å². The van der Waals surface area contributed by atoms with Crippen molar-refractivity contribution in [2.45, 2.75) is 38.8 Å². The van der Waals surface area contributed by atoms with E-state index in [1.54, 1.807) is 12.1 Å². The number of rotatable bonds is 5. The van der Waals surface area contributed by atoms with E-state index in [9.17, 15) is 9.18 Å². The second kappa shape index (κ2) is 8.62. The van der Waals surface area contributed by atoms with Crippen LogP contribution in [0.4, 0.5) is 4.39 Å². The Kier molecular flexibility index (Phi) is 5.52. The number of hydrogen-bond donors (Lipinski definition) is 0. The van der Waals surface area contributed by atoms with Gasteiger partial charge in [0.2, 0.25) is 5.91 Å². The average molecular weight is 427 g/mol. The minimum atomic E-state index is -0.217. The lowest BCUT2D eigenvalue weighted by atomic mass is 9.88. The Labute approximate surface area is 188 Å². The van der Waals surface area contributed by atoms with Gasteiger partial charge in [-0.2, -0.15) is 0 Å². The van der Waals surface area contributed by atoms with Crippen LogP contribution in [0.2, 0.25) is 0 Å². The van der Waals surface area contributed by atoms with Gasteiger partial charge < -0.3 is 9.47 Å². The number of hydrogen-bond acceptors (Lipinski definition) is 1. The number of para-hydroxylation sites is 1. The zero-order valence-corrected chi connectivity index (χ0v) is 18.3. The Hall–Kier alpha value is -3.40. The Morgan fingerprint density at radius 2 is 1.72 bits per heavy atom. The number of fused-ring (bicyclic) bond motifs is 1. The van der Waals surface area contributed by atoms with Gasteiger partial charge in [0, 0.05) is 43.2 Å². The summed E-state index contributed by atoms with van der Waals surface area (Å²) < 4.78 is 15.9. The third-order valence-electron chi connectivity index (χ3n) is 6.48. The average Bonchev–Trinajstić information content (AvgIpc) is 3.14. The summed E-state index contributed by atoms with van der Waals surface area (Å²) in [5, 5.41) is 1.19. The SMILES string of the molecule is Cc1cccc(CN2CCC(c3cn(Cc4cccc(F)c4)c4ccccc34)CC2=O)c1. The van der Waals surface area contributed by atoms with Crippen LogP contribution >= 0.6 is 0 Å². The first-order valence-corrected chi connectivity index (χ1v) is 11.2. The van der Waals surface area contributed by atoms with Crippen molar-refractivity contribution in [2.24, 2.45) is 0 Å². The van der Waals surface area contributed by atoms with Gasteiger partial charge in [0.1, 0.15) is 5.82 Å². The number of carbonyl (C=O) groups is 1. The van der Waals surface area contributed by atoms with Crippen molar-refractivity contribution >= 4 is 16.8 Å². The molecular weight excluding hydrogens is 399 g/mol. The zero-order valence-electron chi connectivity index (χ0n) is 18.3. The molecule has 4 aromatic rings. The maximum atomic E-state index is 13.7. The minimum absolute atomic E-state index is 0.204. The van der Waals surface area contributed by atoms with Crippen LogP contribution in [0.5, 0.6) is 0 Å². The van der Waals surface area contributed by atoms with E-state index in [-0.39, 0.29) is 17.6 Å². The zero-order chi connectivity index (χ0) is 22.1. The molecule has 1 aliphatic rings. The smallest absolute Gasteiger partial charge is 0.223 e. The molecule has 1 aromatic heterocycles. The molecule has 0 bridgehead atoms. The molecule has 1 amide bonds. The molecule has 0 spiro atoms. The summed E-state index contributed by atoms with van der Waals surface area (Å²) >= 11 is 0. The summed E-state index contributed by atoms with van der Waals surface area (Å²) in [4.78, 5) is 15.0. The van der Waals surface area contributed by atoms with Gasteiger partial charge in [0.05, 0.1) is 0 Å². The van der Waals surface area contributed by atoms with E-state index in [2.05, 4.69) is 54.1 Å². The van der Waals surface area contributed by atoms with Crippen molar-refractivity contribution in [1.82, 2.24) is 9.47 Å². The van der Waals surface area contributed by atoms with Gasteiger partial charge in [-0.25, -0.2) is 4.39 Å². The lowest BCUT2D eigenvalue weighted by molar-refractivity contribution is -0.134. The second-order valence-corrected chi connectivity index (χ2v) is 8.85. The summed E-state index contributed by atoms with van der Waals surface area (Å²) in [7, 11) is 0. The molecule has 4 heteroatoms. The maximum absolute atomic E-state index is 13.7. The Morgan fingerprint density at radius 3 is 2.50 bits per heavy atom. The molecule has 5 rings (SSSR count). The Bertz CT molecular complexity index is 1280. The van der Waals surface area contributed by atoms with Crippen molar-refractivity contribution in [1.29, 1.82) is 0 Å². The van der Waals surface area contributed by atoms with E-state index in [1.807, 2.05) is 23.1 Å². The van der Waals surface area contributed by atoms with Gasteiger partial charge in [-0.1, -0.05) is 60.2 Å². The Balaban J connectivity index is 1.38. The number of amides is 1. The highest BCUT2D eigenvalue weighted by Crippen LogP contribution is 2.35. The van der Waals surface area contributed by atoms with Gasteiger partial charge in [-0.15, -0.1) is 0 Å². The molecule has 1 fully saturated rings. The molecule has 3 aromatic carbocycles. The number of piperidine rings is 1. The fraction of sp³-hybridized carbons (Fsp3) is 0.250. The van der Waals surface area contributed by atoms with Crippen LogP contribution in [-0.2, 0) is 17.9 Å². The molecular formula is C28H27FN2O. The number of carbonyl (C=O) groups excluding carboxylic acids is 1. The number of aryl methyl sites for hydroxylation is 1. The summed E-state index contributed by atoms with van der Waals surface area (Å²) in [6.07, 6.45) is 3.65. The summed E-state index contributed by atoms with van der Waals surface area (Å²) in [5.41, 5.74) is 5.68. The lowest BCUT2D eigenvalue weighted by Crippen LogP contribution is -2.37. The van der Waals surface area contributed by atoms with Crippen molar-refractivity contribution in [2.75, 3.05) is 6.54 Å². The maximum Gasteiger partial charge on any atom is 0.223 e. The van der Waals surface area contributed by atoms with Crippen LogP contribution in [0.1, 0.15) is 41.0 Å². The number of benzene rings is 3. The van der Waals surface area contributed by atoms with Gasteiger partial charge in [-0.05, 0) is 54.2 Å². The number of nitrogens with zero attached hydrogens (tertiary/aromatic N) is 2. The molecule has 1 unspecified atom stereocenters. The fourth-order valence-corrected chi connectivity index (χ4v) is 4.91. The highest BCUT2D eigenvalue weighted by atomic mass is 19.1. The topological polar surface area (TPSA) is 25.2 Å². The molecule has 1 atom stereocenters. The van der Waals surface area contributed by atoms with Crippen molar-refractivity contribution < 1.29 is 9.18 Å². The minimum Gasteiger partial charge on any atom is -0.343 e. The summed E-state index contributed by atoms with van der Waals surface area (Å²) in [6.45, 7) is 4.13. The first-order valence-electron chi connectivity index (χ1n) is 11.2. The summed E-state index contributed by atoms with van der Waals surface area (Å²) in [6, 6.07) is 23.4.